The van der Waals surface area contributed by atoms with Gasteiger partial charge in [0.1, 0.15) is 0 Å². The molecule has 0 aliphatic carbocycles. The van der Waals surface area contributed by atoms with Crippen molar-refractivity contribution in [3.05, 3.63) is 54.4 Å². The third-order valence-corrected chi connectivity index (χ3v) is 3.34. The lowest BCUT2D eigenvalue weighted by Gasteiger charge is -2.12. The molecule has 0 unspecified atom stereocenters. The van der Waals surface area contributed by atoms with Crippen molar-refractivity contribution in [2.75, 3.05) is 5.32 Å². The molecule has 1 aromatic carbocycles. The monoisotopic (exact) mass is 308 g/mol. The third kappa shape index (κ3) is 3.08. The quantitative estimate of drug-likeness (QED) is 0.800. The second-order valence-corrected chi connectivity index (χ2v) is 5.28. The van der Waals surface area contributed by atoms with Crippen molar-refractivity contribution in [2.24, 2.45) is 0 Å². The molecular weight excluding hydrogens is 292 g/mol. The van der Waals surface area contributed by atoms with E-state index in [-0.39, 0.29) is 11.9 Å². The van der Waals surface area contributed by atoms with Crippen molar-refractivity contribution < 1.29 is 4.79 Å². The fraction of sp³-hybridized carbons (Fsp3) is 0.188. The number of carbonyl (C=O) groups is 1. The Morgan fingerprint density at radius 1 is 1.13 bits per heavy atom. The molecule has 0 aliphatic rings. The number of aromatic nitrogens is 5. The van der Waals surface area contributed by atoms with E-state index in [0.29, 0.717) is 17.1 Å². The smallest absolute Gasteiger partial charge is 0.255 e. The molecule has 1 N–H and O–H groups in total. The molecule has 1 amide bonds. The molecule has 23 heavy (non-hydrogen) atoms. The summed E-state index contributed by atoms with van der Waals surface area (Å²) in [7, 11) is 0. The summed E-state index contributed by atoms with van der Waals surface area (Å²) in [6.45, 7) is 4.00. The number of tetrazole rings is 1. The van der Waals surface area contributed by atoms with Gasteiger partial charge in [0.15, 0.2) is 5.82 Å². The maximum atomic E-state index is 12.4. The second kappa shape index (κ2) is 6.35. The first-order valence-corrected chi connectivity index (χ1v) is 7.25. The van der Waals surface area contributed by atoms with Crippen LogP contribution in [0, 0.1) is 0 Å². The van der Waals surface area contributed by atoms with E-state index in [1.165, 1.54) is 0 Å². The molecule has 3 rings (SSSR count). The summed E-state index contributed by atoms with van der Waals surface area (Å²) in [6, 6.07) is 10.9. The van der Waals surface area contributed by atoms with E-state index in [1.54, 1.807) is 29.2 Å². The first kappa shape index (κ1) is 14.8. The molecule has 0 atom stereocenters. The number of hydrogen-bond acceptors (Lipinski definition) is 5. The highest BCUT2D eigenvalue weighted by Gasteiger charge is 2.16. The minimum atomic E-state index is -0.205. The number of benzene rings is 1. The highest BCUT2D eigenvalue weighted by molar-refractivity contribution is 6.05. The minimum absolute atomic E-state index is 0.115. The molecule has 7 heteroatoms. The Morgan fingerprint density at radius 3 is 2.61 bits per heavy atom. The molecule has 0 bridgehead atoms. The average Bonchev–Trinajstić information content (AvgIpc) is 3.06. The predicted octanol–water partition coefficient (Wildman–Crippen LogP) is 2.57. The molecule has 0 saturated heterocycles. The molecule has 3 aromatic rings. The number of para-hydroxylation sites is 1. The molecule has 0 radical (unpaired) electrons. The van der Waals surface area contributed by atoms with Gasteiger partial charge in [0, 0.05) is 23.5 Å². The van der Waals surface area contributed by atoms with Crippen LogP contribution in [0.1, 0.15) is 30.2 Å². The van der Waals surface area contributed by atoms with Crippen LogP contribution in [0.5, 0.6) is 0 Å². The summed E-state index contributed by atoms with van der Waals surface area (Å²) in [5, 5.41) is 14.7. The summed E-state index contributed by atoms with van der Waals surface area (Å²) < 4.78 is 1.72. The lowest BCUT2D eigenvalue weighted by atomic mass is 10.1. The van der Waals surface area contributed by atoms with E-state index < -0.39 is 0 Å². The van der Waals surface area contributed by atoms with E-state index in [4.69, 9.17) is 0 Å². The standard InChI is InChI=1S/C16H16N6O/c1-11(2)22-15(19-20-21-22)13-5-3-4-6-14(13)18-16(23)12-7-9-17-10-8-12/h3-11H,1-2H3,(H,18,23). The molecular formula is C16H16N6O. The van der Waals surface area contributed by atoms with E-state index in [1.807, 2.05) is 38.1 Å². The van der Waals surface area contributed by atoms with Crippen LogP contribution in [-0.4, -0.2) is 31.1 Å². The van der Waals surface area contributed by atoms with Crippen molar-refractivity contribution >= 4 is 11.6 Å². The maximum absolute atomic E-state index is 12.4. The maximum Gasteiger partial charge on any atom is 0.255 e. The summed E-state index contributed by atoms with van der Waals surface area (Å²) in [5.74, 6) is 0.411. The Labute approximate surface area is 133 Å². The van der Waals surface area contributed by atoms with Gasteiger partial charge in [-0.25, -0.2) is 4.68 Å². The molecule has 0 spiro atoms. The summed E-state index contributed by atoms with van der Waals surface area (Å²) >= 11 is 0. The first-order valence-electron chi connectivity index (χ1n) is 7.25. The van der Waals surface area contributed by atoms with Gasteiger partial charge in [0.25, 0.3) is 5.91 Å². The van der Waals surface area contributed by atoms with Crippen molar-refractivity contribution in [2.45, 2.75) is 19.9 Å². The second-order valence-electron chi connectivity index (χ2n) is 5.28. The van der Waals surface area contributed by atoms with Crippen LogP contribution in [0.4, 0.5) is 5.69 Å². The normalized spacial score (nSPS) is 10.7. The van der Waals surface area contributed by atoms with Gasteiger partial charge in [-0.3, -0.25) is 9.78 Å². The van der Waals surface area contributed by atoms with E-state index in [2.05, 4.69) is 25.8 Å². The number of nitrogens with zero attached hydrogens (tertiary/aromatic N) is 5. The number of pyridine rings is 1. The Kier molecular flexibility index (Phi) is 4.09. The molecule has 2 aromatic heterocycles. The van der Waals surface area contributed by atoms with Crippen LogP contribution in [0.2, 0.25) is 0 Å². The van der Waals surface area contributed by atoms with Crippen molar-refractivity contribution in [3.8, 4) is 11.4 Å². The SMILES string of the molecule is CC(C)n1nnnc1-c1ccccc1NC(=O)c1ccncc1. The zero-order valence-electron chi connectivity index (χ0n) is 12.8. The van der Waals surface area contributed by atoms with Gasteiger partial charge in [0.2, 0.25) is 0 Å². The van der Waals surface area contributed by atoms with Gasteiger partial charge in [-0.15, -0.1) is 5.10 Å². The van der Waals surface area contributed by atoms with Gasteiger partial charge >= 0.3 is 0 Å². The van der Waals surface area contributed by atoms with Gasteiger partial charge < -0.3 is 5.32 Å². The molecule has 0 saturated carbocycles. The Bertz CT molecular complexity index is 812. The third-order valence-electron chi connectivity index (χ3n) is 3.34. The zero-order valence-corrected chi connectivity index (χ0v) is 12.8. The largest absolute Gasteiger partial charge is 0.321 e. The van der Waals surface area contributed by atoms with Crippen LogP contribution < -0.4 is 5.32 Å². The van der Waals surface area contributed by atoms with E-state index >= 15 is 0 Å². The van der Waals surface area contributed by atoms with Crippen LogP contribution in [0.15, 0.2) is 48.8 Å². The molecule has 0 fully saturated rings. The number of carbonyl (C=O) groups excluding carboxylic acids is 1. The topological polar surface area (TPSA) is 85.6 Å². The average molecular weight is 308 g/mol. The van der Waals surface area contributed by atoms with Crippen LogP contribution in [0.3, 0.4) is 0 Å². The van der Waals surface area contributed by atoms with Gasteiger partial charge in [-0.2, -0.15) is 0 Å². The fourth-order valence-corrected chi connectivity index (χ4v) is 2.20. The van der Waals surface area contributed by atoms with Crippen LogP contribution >= 0.6 is 0 Å². The van der Waals surface area contributed by atoms with Gasteiger partial charge in [0.05, 0.1) is 11.7 Å². The lowest BCUT2D eigenvalue weighted by Crippen LogP contribution is -2.13. The van der Waals surface area contributed by atoms with Gasteiger partial charge in [-0.05, 0) is 48.5 Å². The lowest BCUT2D eigenvalue weighted by molar-refractivity contribution is 0.102. The highest BCUT2D eigenvalue weighted by atomic mass is 16.1. The minimum Gasteiger partial charge on any atom is -0.321 e. The molecule has 7 nitrogen and oxygen atoms in total. The summed E-state index contributed by atoms with van der Waals surface area (Å²) in [6.07, 6.45) is 3.17. The van der Waals surface area contributed by atoms with Crippen LogP contribution in [-0.2, 0) is 0 Å². The van der Waals surface area contributed by atoms with Crippen molar-refractivity contribution in [1.29, 1.82) is 0 Å². The number of rotatable bonds is 4. The summed E-state index contributed by atoms with van der Waals surface area (Å²) in [5.41, 5.74) is 1.97. The predicted molar refractivity (Wildman–Crippen MR) is 85.8 cm³/mol. The Morgan fingerprint density at radius 2 is 1.87 bits per heavy atom. The Balaban J connectivity index is 1.96. The number of anilines is 1. The zero-order chi connectivity index (χ0) is 16.2. The summed E-state index contributed by atoms with van der Waals surface area (Å²) in [4.78, 5) is 16.3. The first-order chi connectivity index (χ1) is 11.2. The van der Waals surface area contributed by atoms with E-state index in [0.717, 1.165) is 5.56 Å². The fourth-order valence-electron chi connectivity index (χ4n) is 2.20. The molecule has 0 aliphatic heterocycles. The van der Waals surface area contributed by atoms with E-state index in [9.17, 15) is 4.79 Å². The molecule has 2 heterocycles. The highest BCUT2D eigenvalue weighted by Crippen LogP contribution is 2.27. The van der Waals surface area contributed by atoms with Gasteiger partial charge in [-0.1, -0.05) is 12.1 Å². The molecule has 116 valence electrons. The number of amides is 1. The van der Waals surface area contributed by atoms with Crippen LogP contribution in [0.25, 0.3) is 11.4 Å². The number of hydrogen-bond donors (Lipinski definition) is 1. The number of nitrogens with one attached hydrogen (secondary N) is 1. The van der Waals surface area contributed by atoms with Crippen molar-refractivity contribution in [1.82, 2.24) is 25.2 Å². The Hall–Kier alpha value is -3.09. The van der Waals surface area contributed by atoms with Crippen molar-refractivity contribution in [3.63, 3.8) is 0 Å².